The lowest BCUT2D eigenvalue weighted by Crippen LogP contribution is -2.16. The average Bonchev–Trinajstić information content (AvgIpc) is 3.12. The number of thiazole rings is 1. The van der Waals surface area contributed by atoms with Gasteiger partial charge in [-0.1, -0.05) is 0 Å². The molecule has 0 aliphatic rings. The van der Waals surface area contributed by atoms with E-state index in [1.54, 1.807) is 29.6 Å². The lowest BCUT2D eigenvalue weighted by molar-refractivity contribution is -0.274. The number of benzene rings is 2. The normalized spacial score (nSPS) is 10.9. The van der Waals surface area contributed by atoms with Crippen LogP contribution < -0.4 is 20.7 Å². The molecular weight excluding hydrogens is 421 g/mol. The van der Waals surface area contributed by atoms with E-state index in [9.17, 15) is 22.8 Å². The Labute approximate surface area is 172 Å². The van der Waals surface area contributed by atoms with Crippen LogP contribution in [-0.4, -0.2) is 23.2 Å². The fraction of sp³-hybridized carbons (Fsp3) is 0.105. The van der Waals surface area contributed by atoms with Gasteiger partial charge in [0, 0.05) is 29.4 Å². The maximum absolute atomic E-state index is 12.3. The fourth-order valence-electron chi connectivity index (χ4n) is 2.33. The van der Waals surface area contributed by atoms with Crippen LogP contribution >= 0.6 is 11.3 Å². The van der Waals surface area contributed by atoms with Crippen LogP contribution in [0.5, 0.6) is 5.75 Å². The molecule has 1 heterocycles. The predicted octanol–water partition coefficient (Wildman–Crippen LogP) is 5.00. The van der Waals surface area contributed by atoms with Crippen molar-refractivity contribution in [3.8, 4) is 5.75 Å². The molecule has 0 bridgehead atoms. The molecule has 2 aromatic carbocycles. The summed E-state index contributed by atoms with van der Waals surface area (Å²) >= 11 is 1.16. The van der Waals surface area contributed by atoms with E-state index in [1.807, 2.05) is 0 Å². The SMILES string of the molecule is CC(=O)Nc1ccc(NC(=O)c2csc(Nc3ccc(OC(F)(F)F)cc3)n2)cc1. The number of aromatic nitrogens is 1. The Morgan fingerprint density at radius 3 is 2.07 bits per heavy atom. The van der Waals surface area contributed by atoms with E-state index in [4.69, 9.17) is 0 Å². The standard InChI is InChI=1S/C19H15F3N4O3S/c1-11(27)23-12-2-4-13(5-3-12)24-17(28)16-10-30-18(26-16)25-14-6-8-15(9-7-14)29-19(20,21)22/h2-10H,1H3,(H,23,27)(H,24,28)(H,25,26). The van der Waals surface area contributed by atoms with Gasteiger partial charge in [0.05, 0.1) is 0 Å². The lowest BCUT2D eigenvalue weighted by atomic mass is 10.2. The van der Waals surface area contributed by atoms with E-state index in [0.29, 0.717) is 22.2 Å². The van der Waals surface area contributed by atoms with Crippen molar-refractivity contribution in [2.75, 3.05) is 16.0 Å². The van der Waals surface area contributed by atoms with Gasteiger partial charge in [-0.15, -0.1) is 24.5 Å². The Balaban J connectivity index is 1.59. The highest BCUT2D eigenvalue weighted by Crippen LogP contribution is 2.26. The van der Waals surface area contributed by atoms with E-state index >= 15 is 0 Å². The minimum Gasteiger partial charge on any atom is -0.406 e. The molecule has 0 atom stereocenters. The topological polar surface area (TPSA) is 92.4 Å². The molecule has 156 valence electrons. The third-order valence-electron chi connectivity index (χ3n) is 3.54. The van der Waals surface area contributed by atoms with Crippen LogP contribution in [0.1, 0.15) is 17.4 Å². The smallest absolute Gasteiger partial charge is 0.406 e. The van der Waals surface area contributed by atoms with E-state index in [0.717, 1.165) is 11.3 Å². The number of hydrogen-bond donors (Lipinski definition) is 3. The third-order valence-corrected chi connectivity index (χ3v) is 4.30. The molecule has 3 rings (SSSR count). The lowest BCUT2D eigenvalue weighted by Gasteiger charge is -2.09. The molecule has 3 N–H and O–H groups in total. The molecule has 3 aromatic rings. The monoisotopic (exact) mass is 436 g/mol. The number of hydrogen-bond acceptors (Lipinski definition) is 6. The second-order valence-electron chi connectivity index (χ2n) is 5.95. The van der Waals surface area contributed by atoms with Gasteiger partial charge in [-0.05, 0) is 48.5 Å². The zero-order chi connectivity index (χ0) is 21.7. The average molecular weight is 436 g/mol. The first kappa shape index (κ1) is 21.1. The number of anilines is 4. The number of ether oxygens (including phenoxy) is 1. The first-order valence-electron chi connectivity index (χ1n) is 8.45. The Morgan fingerprint density at radius 2 is 1.50 bits per heavy atom. The molecule has 0 saturated carbocycles. The van der Waals surface area contributed by atoms with Gasteiger partial charge in [0.25, 0.3) is 5.91 Å². The van der Waals surface area contributed by atoms with E-state index in [-0.39, 0.29) is 17.4 Å². The highest BCUT2D eigenvalue weighted by atomic mass is 32.1. The van der Waals surface area contributed by atoms with Crippen molar-refractivity contribution in [1.29, 1.82) is 0 Å². The van der Waals surface area contributed by atoms with Crippen LogP contribution in [0, 0.1) is 0 Å². The molecule has 7 nitrogen and oxygen atoms in total. The Kier molecular flexibility index (Phi) is 6.21. The number of alkyl halides is 3. The quantitative estimate of drug-likeness (QED) is 0.506. The minimum absolute atomic E-state index is 0.172. The molecule has 0 radical (unpaired) electrons. The Bertz CT molecular complexity index is 1030. The van der Waals surface area contributed by atoms with Gasteiger partial charge in [0.1, 0.15) is 11.4 Å². The summed E-state index contributed by atoms with van der Waals surface area (Å²) in [6, 6.07) is 11.7. The van der Waals surface area contributed by atoms with E-state index in [2.05, 4.69) is 25.7 Å². The first-order valence-corrected chi connectivity index (χ1v) is 9.33. The molecule has 0 aliphatic heterocycles. The molecule has 0 fully saturated rings. The highest BCUT2D eigenvalue weighted by molar-refractivity contribution is 7.14. The summed E-state index contributed by atoms with van der Waals surface area (Å²) < 4.78 is 40.4. The third kappa shape index (κ3) is 6.21. The summed E-state index contributed by atoms with van der Waals surface area (Å²) in [4.78, 5) is 27.5. The maximum atomic E-state index is 12.3. The highest BCUT2D eigenvalue weighted by Gasteiger charge is 2.30. The zero-order valence-corrected chi connectivity index (χ0v) is 16.2. The van der Waals surface area contributed by atoms with Crippen LogP contribution in [0.3, 0.4) is 0 Å². The molecule has 11 heteroatoms. The van der Waals surface area contributed by atoms with Crippen molar-refractivity contribution >= 4 is 45.3 Å². The van der Waals surface area contributed by atoms with Gasteiger partial charge in [-0.25, -0.2) is 4.98 Å². The molecule has 30 heavy (non-hydrogen) atoms. The van der Waals surface area contributed by atoms with Gasteiger partial charge in [0.2, 0.25) is 5.91 Å². The van der Waals surface area contributed by atoms with Gasteiger partial charge < -0.3 is 20.7 Å². The number of rotatable bonds is 6. The maximum Gasteiger partial charge on any atom is 0.573 e. The summed E-state index contributed by atoms with van der Waals surface area (Å²) in [7, 11) is 0. The Hall–Kier alpha value is -3.60. The van der Waals surface area contributed by atoms with Crippen LogP contribution in [0.25, 0.3) is 0 Å². The fourth-order valence-corrected chi connectivity index (χ4v) is 3.04. The summed E-state index contributed by atoms with van der Waals surface area (Å²) in [5, 5.41) is 10.2. The predicted molar refractivity (Wildman–Crippen MR) is 107 cm³/mol. The van der Waals surface area contributed by atoms with Gasteiger partial charge in [0.15, 0.2) is 5.13 Å². The van der Waals surface area contributed by atoms with Gasteiger partial charge >= 0.3 is 6.36 Å². The number of nitrogens with zero attached hydrogens (tertiary/aromatic N) is 1. The zero-order valence-electron chi connectivity index (χ0n) is 15.4. The second-order valence-corrected chi connectivity index (χ2v) is 6.81. The summed E-state index contributed by atoms with van der Waals surface area (Å²) in [6.07, 6.45) is -4.75. The molecule has 0 unspecified atom stereocenters. The van der Waals surface area contributed by atoms with Crippen LogP contribution in [0.2, 0.25) is 0 Å². The molecular formula is C19H15F3N4O3S. The van der Waals surface area contributed by atoms with Crippen LogP contribution in [0.15, 0.2) is 53.9 Å². The second kappa shape index (κ2) is 8.82. The number of carbonyl (C=O) groups is 2. The van der Waals surface area contributed by atoms with Crippen molar-refractivity contribution in [2.45, 2.75) is 13.3 Å². The van der Waals surface area contributed by atoms with Crippen molar-refractivity contribution in [3.05, 3.63) is 59.6 Å². The van der Waals surface area contributed by atoms with Crippen LogP contribution in [-0.2, 0) is 4.79 Å². The van der Waals surface area contributed by atoms with E-state index in [1.165, 1.54) is 31.2 Å². The summed E-state index contributed by atoms with van der Waals surface area (Å²) in [5.74, 6) is -0.964. The largest absolute Gasteiger partial charge is 0.573 e. The molecule has 0 spiro atoms. The molecule has 2 amide bonds. The Morgan fingerprint density at radius 1 is 0.933 bits per heavy atom. The number of halogens is 3. The number of carbonyl (C=O) groups excluding carboxylic acids is 2. The number of nitrogens with one attached hydrogen (secondary N) is 3. The summed E-state index contributed by atoms with van der Waals surface area (Å²) in [5.41, 5.74) is 1.79. The minimum atomic E-state index is -4.75. The van der Waals surface area contributed by atoms with Gasteiger partial charge in [-0.2, -0.15) is 0 Å². The van der Waals surface area contributed by atoms with Crippen molar-refractivity contribution in [3.63, 3.8) is 0 Å². The van der Waals surface area contributed by atoms with Crippen molar-refractivity contribution < 1.29 is 27.5 Å². The van der Waals surface area contributed by atoms with Crippen molar-refractivity contribution in [1.82, 2.24) is 4.98 Å². The van der Waals surface area contributed by atoms with Gasteiger partial charge in [-0.3, -0.25) is 9.59 Å². The summed E-state index contributed by atoms with van der Waals surface area (Å²) in [6.45, 7) is 1.40. The van der Waals surface area contributed by atoms with Crippen LogP contribution in [0.4, 0.5) is 35.4 Å². The molecule has 0 saturated heterocycles. The molecule has 1 aromatic heterocycles. The molecule has 0 aliphatic carbocycles. The first-order chi connectivity index (χ1) is 14.2. The number of amides is 2. The van der Waals surface area contributed by atoms with Crippen molar-refractivity contribution in [2.24, 2.45) is 0 Å². The van der Waals surface area contributed by atoms with E-state index < -0.39 is 12.3 Å².